The lowest BCUT2D eigenvalue weighted by Gasteiger charge is -2.28. The van der Waals surface area contributed by atoms with Crippen LogP contribution in [0.3, 0.4) is 0 Å². The predicted molar refractivity (Wildman–Crippen MR) is 267 cm³/mol. The van der Waals surface area contributed by atoms with E-state index < -0.39 is 42.7 Å². The van der Waals surface area contributed by atoms with Crippen molar-refractivity contribution in [1.29, 1.82) is 0 Å². The molecule has 0 fully saturated rings. The van der Waals surface area contributed by atoms with Gasteiger partial charge in [0.05, 0.1) is 43.7 Å². The molecule has 4 heterocycles. The first-order valence-corrected chi connectivity index (χ1v) is 25.4. The van der Waals surface area contributed by atoms with Gasteiger partial charge in [-0.25, -0.2) is 27.1 Å². The molecule has 4 aliphatic heterocycles. The number of hydrazone groups is 2. The maximum absolute atomic E-state index is 13.8. The molecule has 0 aliphatic carbocycles. The number of hydrogen-bond acceptors (Lipinski definition) is 10. The van der Waals surface area contributed by atoms with Crippen LogP contribution in [0.5, 0.6) is 0 Å². The minimum absolute atomic E-state index is 0.121. The van der Waals surface area contributed by atoms with Crippen LogP contribution in [0.25, 0.3) is 0 Å². The normalized spacial score (nSPS) is 20.2. The van der Waals surface area contributed by atoms with Crippen LogP contribution in [0, 0.1) is 0 Å². The number of primary sulfonamides is 2. The van der Waals surface area contributed by atoms with Crippen molar-refractivity contribution in [3.8, 4) is 0 Å². The summed E-state index contributed by atoms with van der Waals surface area (Å²) in [5.41, 5.74) is 7.51. The summed E-state index contributed by atoms with van der Waals surface area (Å²) in [6, 6.07) is 23.4. The second-order valence-electron chi connectivity index (χ2n) is 17.9. The van der Waals surface area contributed by atoms with Gasteiger partial charge >= 0.3 is 0 Å². The highest BCUT2D eigenvalue weighted by molar-refractivity contribution is 7.89. The number of hydrogen-bond donors (Lipinski definition) is 2. The fourth-order valence-corrected chi connectivity index (χ4v) is 10.6. The molecule has 0 spiro atoms. The van der Waals surface area contributed by atoms with Gasteiger partial charge in [-0.2, -0.15) is 20.2 Å². The van der Waals surface area contributed by atoms with Gasteiger partial charge in [0, 0.05) is 56.7 Å². The SMILES string of the molecule is CC1=NN(c2cccc(S(N)(=O)=O)c2)C(=O)/C1=C\C=C1\N(CCCCCN2/C(=C/C=C3\C(=O)N(c4cccc(S(N)(=O)=O)c4)N=C3C)C(C)(C)c3cc(Cl)ccc32)c2ccc(Cl)cc2C1(C)C. The van der Waals surface area contributed by atoms with Crippen molar-refractivity contribution in [2.45, 2.75) is 81.4 Å². The number of nitrogens with zero attached hydrogens (tertiary/aromatic N) is 6. The van der Waals surface area contributed by atoms with Gasteiger partial charge in [0.1, 0.15) is 0 Å². The molecule has 8 rings (SSSR count). The molecular weight excluding hydrogens is 932 g/mol. The first-order valence-electron chi connectivity index (χ1n) is 21.5. The Balaban J connectivity index is 1.01. The van der Waals surface area contributed by atoms with Crippen molar-refractivity contribution in [2.75, 3.05) is 32.9 Å². The number of carbonyl (C=O) groups excluding carboxylic acids is 2. The van der Waals surface area contributed by atoms with Crippen molar-refractivity contribution < 1.29 is 26.4 Å². The minimum atomic E-state index is -3.99. The number of rotatable bonds is 12. The summed E-state index contributed by atoms with van der Waals surface area (Å²) in [6.45, 7) is 13.4. The number of sulfonamides is 2. The monoisotopic (exact) mass is 980 g/mol. The molecule has 14 nitrogen and oxygen atoms in total. The van der Waals surface area contributed by atoms with E-state index in [1.165, 1.54) is 46.4 Å². The second kappa shape index (κ2) is 17.6. The molecule has 4 aromatic rings. The summed E-state index contributed by atoms with van der Waals surface area (Å²) >= 11 is 13.1. The largest absolute Gasteiger partial charge is 0.344 e. The average molecular weight is 982 g/mol. The lowest BCUT2D eigenvalue weighted by Crippen LogP contribution is -2.28. The van der Waals surface area contributed by atoms with Crippen LogP contribution in [0.15, 0.2) is 152 Å². The summed E-state index contributed by atoms with van der Waals surface area (Å²) in [4.78, 5) is 31.9. The zero-order chi connectivity index (χ0) is 48.4. The molecule has 0 aromatic heterocycles. The zero-order valence-electron chi connectivity index (χ0n) is 37.8. The van der Waals surface area contributed by atoms with Crippen molar-refractivity contribution in [1.82, 2.24) is 0 Å². The standard InChI is InChI=1S/C49H50Cl2N8O6S2/c1-30-38(46(60)58(54-30)34-12-10-14-36(28-34)66(52,62)63)18-22-44-48(3,4)40-26-32(50)16-20-42(40)56(44)24-8-7-9-25-57-43-21-17-33(51)27-41(43)49(5,6)45(57)23-19-39-31(2)55-59(47(39)61)35-13-11-15-37(29-35)67(53,64)65/h10-23,26-29H,7-9,24-25H2,1-6H3,(H2,52,62,63)(H2,53,64,65)/b38-18-,39-19-,44-22+,45-23+. The Morgan fingerprint density at radius 3 is 1.33 bits per heavy atom. The molecule has 0 atom stereocenters. The highest BCUT2D eigenvalue weighted by atomic mass is 35.5. The van der Waals surface area contributed by atoms with Crippen LogP contribution in [0.4, 0.5) is 22.7 Å². The molecule has 0 saturated carbocycles. The number of halogens is 2. The van der Waals surface area contributed by atoms with E-state index in [0.29, 0.717) is 45.7 Å². The first-order chi connectivity index (χ1) is 31.5. The van der Waals surface area contributed by atoms with Crippen LogP contribution >= 0.6 is 23.2 Å². The number of nitrogens with two attached hydrogens (primary N) is 2. The van der Waals surface area contributed by atoms with E-state index in [1.807, 2.05) is 48.6 Å². The Bertz CT molecular complexity index is 2980. The molecule has 0 saturated heterocycles. The molecule has 4 N–H and O–H groups in total. The van der Waals surface area contributed by atoms with E-state index in [1.54, 1.807) is 38.1 Å². The van der Waals surface area contributed by atoms with E-state index in [-0.39, 0.29) is 21.2 Å². The van der Waals surface area contributed by atoms with Crippen LogP contribution in [-0.2, 0) is 40.5 Å². The Morgan fingerprint density at radius 1 is 0.567 bits per heavy atom. The number of amides is 2. The van der Waals surface area contributed by atoms with Gasteiger partial charge in [0.25, 0.3) is 11.8 Å². The third-order valence-corrected chi connectivity index (χ3v) is 15.0. The van der Waals surface area contributed by atoms with Crippen molar-refractivity contribution in [3.63, 3.8) is 0 Å². The third-order valence-electron chi connectivity index (χ3n) is 12.7. The smallest absolute Gasteiger partial charge is 0.280 e. The van der Waals surface area contributed by atoms with Crippen molar-refractivity contribution in [3.05, 3.63) is 153 Å². The van der Waals surface area contributed by atoms with Crippen LogP contribution in [0.1, 0.15) is 71.9 Å². The predicted octanol–water partition coefficient (Wildman–Crippen LogP) is 8.82. The van der Waals surface area contributed by atoms with Crippen molar-refractivity contribution >= 4 is 89.2 Å². The molecule has 4 aliphatic rings. The minimum Gasteiger partial charge on any atom is -0.344 e. The maximum Gasteiger partial charge on any atom is 0.280 e. The van der Waals surface area contributed by atoms with E-state index in [2.05, 4.69) is 47.7 Å². The summed E-state index contributed by atoms with van der Waals surface area (Å²) in [6.07, 6.45) is 10.0. The van der Waals surface area contributed by atoms with Crippen molar-refractivity contribution in [2.24, 2.45) is 20.5 Å². The molecule has 18 heteroatoms. The van der Waals surface area contributed by atoms with Crippen LogP contribution < -0.4 is 30.1 Å². The Kier molecular flexibility index (Phi) is 12.5. The van der Waals surface area contributed by atoms with E-state index in [9.17, 15) is 26.4 Å². The van der Waals surface area contributed by atoms with E-state index >= 15 is 0 Å². The van der Waals surface area contributed by atoms with Gasteiger partial charge in [-0.15, -0.1) is 0 Å². The lowest BCUT2D eigenvalue weighted by atomic mass is 9.83. The Morgan fingerprint density at radius 2 is 0.955 bits per heavy atom. The Labute approximate surface area is 401 Å². The maximum atomic E-state index is 13.8. The van der Waals surface area contributed by atoms with Crippen LogP contribution in [-0.4, -0.2) is 53.2 Å². The number of allylic oxidation sites excluding steroid dienone is 6. The zero-order valence-corrected chi connectivity index (χ0v) is 40.9. The van der Waals surface area contributed by atoms with E-state index in [0.717, 1.165) is 53.2 Å². The molecule has 4 aromatic carbocycles. The molecule has 348 valence electrons. The summed E-state index contributed by atoms with van der Waals surface area (Å²) in [5, 5.41) is 23.3. The Hall–Kier alpha value is -5.88. The van der Waals surface area contributed by atoms with Gasteiger partial charge in [-0.3, -0.25) is 9.59 Å². The fraction of sp³-hybridized carbons (Fsp3) is 0.265. The van der Waals surface area contributed by atoms with Gasteiger partial charge in [-0.05, 0) is 141 Å². The van der Waals surface area contributed by atoms with E-state index in [4.69, 9.17) is 33.5 Å². The summed E-state index contributed by atoms with van der Waals surface area (Å²) < 4.78 is 48.2. The molecule has 0 unspecified atom stereocenters. The number of benzene rings is 4. The fourth-order valence-electron chi connectivity index (χ4n) is 9.17. The van der Waals surface area contributed by atoms with Crippen LogP contribution in [0.2, 0.25) is 10.0 Å². The molecular formula is C49H50Cl2N8O6S2. The number of anilines is 4. The van der Waals surface area contributed by atoms with Gasteiger partial charge in [0.2, 0.25) is 20.0 Å². The molecule has 0 radical (unpaired) electrons. The number of fused-ring (bicyclic) bond motifs is 2. The molecule has 0 bridgehead atoms. The number of carbonyl (C=O) groups is 2. The molecule has 67 heavy (non-hydrogen) atoms. The second-order valence-corrected chi connectivity index (χ2v) is 21.9. The third kappa shape index (κ3) is 9.01. The van der Waals surface area contributed by atoms with Gasteiger partial charge in [-0.1, -0.05) is 63.0 Å². The van der Waals surface area contributed by atoms with Gasteiger partial charge < -0.3 is 9.80 Å². The topological polar surface area (TPSA) is 192 Å². The first kappa shape index (κ1) is 47.6. The van der Waals surface area contributed by atoms with Gasteiger partial charge in [0.15, 0.2) is 0 Å². The number of unbranched alkanes of at least 4 members (excludes halogenated alkanes) is 2. The average Bonchev–Trinajstić information content (AvgIpc) is 3.86. The quantitative estimate of drug-likeness (QED) is 0.104. The highest BCUT2D eigenvalue weighted by Crippen LogP contribution is 2.50. The molecule has 2 amide bonds. The summed E-state index contributed by atoms with van der Waals surface area (Å²) in [5.74, 6) is -0.786. The lowest BCUT2D eigenvalue weighted by molar-refractivity contribution is -0.115. The highest BCUT2D eigenvalue weighted by Gasteiger charge is 2.42. The summed E-state index contributed by atoms with van der Waals surface area (Å²) in [7, 11) is -7.99.